The Kier molecular flexibility index (Phi) is 5.15. The predicted molar refractivity (Wildman–Crippen MR) is 62.6 cm³/mol. The lowest BCUT2D eigenvalue weighted by atomic mass is 10.1. The van der Waals surface area contributed by atoms with E-state index >= 15 is 0 Å². The number of nitrogens with zero attached hydrogens (tertiary/aromatic N) is 2. The van der Waals surface area contributed by atoms with E-state index in [1.807, 2.05) is 13.0 Å². The van der Waals surface area contributed by atoms with Crippen LogP contribution in [0.15, 0.2) is 6.07 Å². The van der Waals surface area contributed by atoms with E-state index in [2.05, 4.69) is 10.5 Å². The first kappa shape index (κ1) is 15.0. The SMILES string of the molecule is CCc1cc(C(CCCC(F)(F)F)NN)n(C)n1. The zero-order chi connectivity index (χ0) is 13.8. The van der Waals surface area contributed by atoms with Crippen LogP contribution in [-0.4, -0.2) is 16.0 Å². The maximum atomic E-state index is 12.1. The van der Waals surface area contributed by atoms with E-state index in [4.69, 9.17) is 5.84 Å². The highest BCUT2D eigenvalue weighted by Gasteiger charge is 2.27. The molecule has 4 nitrogen and oxygen atoms in total. The molecule has 0 aromatic carbocycles. The maximum Gasteiger partial charge on any atom is 0.389 e. The summed E-state index contributed by atoms with van der Waals surface area (Å²) in [6.07, 6.45) is -3.73. The monoisotopic (exact) mass is 264 g/mol. The number of nitrogens with one attached hydrogen (secondary N) is 1. The lowest BCUT2D eigenvalue weighted by molar-refractivity contribution is -0.135. The third kappa shape index (κ3) is 4.30. The molecule has 7 heteroatoms. The van der Waals surface area contributed by atoms with Gasteiger partial charge in [0.1, 0.15) is 0 Å². The molecule has 1 heterocycles. The van der Waals surface area contributed by atoms with Gasteiger partial charge in [0.25, 0.3) is 0 Å². The molecule has 0 aliphatic carbocycles. The number of hydrogen-bond acceptors (Lipinski definition) is 3. The van der Waals surface area contributed by atoms with Gasteiger partial charge < -0.3 is 0 Å². The Morgan fingerprint density at radius 2 is 2.17 bits per heavy atom. The molecule has 1 unspecified atom stereocenters. The van der Waals surface area contributed by atoms with Crippen LogP contribution >= 0.6 is 0 Å². The standard InChI is InChI=1S/C11H19F3N4/c1-3-8-7-10(18(2)17-8)9(16-15)5-4-6-11(12,13)14/h7,9,16H,3-6,15H2,1-2H3. The molecule has 0 saturated heterocycles. The van der Waals surface area contributed by atoms with Gasteiger partial charge in [-0.2, -0.15) is 18.3 Å². The summed E-state index contributed by atoms with van der Waals surface area (Å²) in [7, 11) is 1.77. The normalized spacial score (nSPS) is 13.9. The van der Waals surface area contributed by atoms with Gasteiger partial charge in [0.15, 0.2) is 0 Å². The van der Waals surface area contributed by atoms with Crippen LogP contribution in [0.25, 0.3) is 0 Å². The van der Waals surface area contributed by atoms with E-state index in [1.165, 1.54) is 0 Å². The molecule has 1 aromatic heterocycles. The molecule has 3 N–H and O–H groups in total. The van der Waals surface area contributed by atoms with Crippen LogP contribution in [0.5, 0.6) is 0 Å². The third-order valence-corrected chi connectivity index (χ3v) is 2.84. The largest absolute Gasteiger partial charge is 0.389 e. The summed E-state index contributed by atoms with van der Waals surface area (Å²) >= 11 is 0. The number of aromatic nitrogens is 2. The number of rotatable bonds is 6. The maximum absolute atomic E-state index is 12.1. The summed E-state index contributed by atoms with van der Waals surface area (Å²) in [5, 5.41) is 4.25. The van der Waals surface area contributed by atoms with Crippen molar-refractivity contribution in [2.45, 2.75) is 44.8 Å². The van der Waals surface area contributed by atoms with Gasteiger partial charge in [-0.15, -0.1) is 0 Å². The quantitative estimate of drug-likeness (QED) is 0.612. The van der Waals surface area contributed by atoms with Crippen LogP contribution in [0.2, 0.25) is 0 Å². The minimum absolute atomic E-state index is 0.0466. The second-order valence-electron chi connectivity index (χ2n) is 4.26. The summed E-state index contributed by atoms with van der Waals surface area (Å²) in [6, 6.07) is 1.57. The predicted octanol–water partition coefficient (Wildman–Crippen LogP) is 2.22. The van der Waals surface area contributed by atoms with Crippen molar-refractivity contribution in [1.82, 2.24) is 15.2 Å². The molecule has 0 bridgehead atoms. The van der Waals surface area contributed by atoms with Crippen molar-refractivity contribution in [2.24, 2.45) is 12.9 Å². The second kappa shape index (κ2) is 6.19. The number of hydrogen-bond donors (Lipinski definition) is 2. The van der Waals surface area contributed by atoms with E-state index in [0.717, 1.165) is 17.8 Å². The van der Waals surface area contributed by atoms with Crippen LogP contribution in [0.3, 0.4) is 0 Å². The summed E-state index contributed by atoms with van der Waals surface area (Å²) in [4.78, 5) is 0. The molecule has 1 rings (SSSR count). The smallest absolute Gasteiger partial charge is 0.271 e. The molecular weight excluding hydrogens is 245 g/mol. The first-order chi connectivity index (χ1) is 8.37. The average molecular weight is 264 g/mol. The van der Waals surface area contributed by atoms with Crippen molar-refractivity contribution in [3.8, 4) is 0 Å². The van der Waals surface area contributed by atoms with Gasteiger partial charge in [-0.25, -0.2) is 0 Å². The molecule has 0 saturated carbocycles. The zero-order valence-corrected chi connectivity index (χ0v) is 10.6. The van der Waals surface area contributed by atoms with Gasteiger partial charge in [0.2, 0.25) is 0 Å². The van der Waals surface area contributed by atoms with Crippen LogP contribution in [0.1, 0.15) is 43.6 Å². The fraction of sp³-hybridized carbons (Fsp3) is 0.727. The highest BCUT2D eigenvalue weighted by atomic mass is 19.4. The Balaban J connectivity index is 2.62. The minimum atomic E-state index is -4.11. The first-order valence-corrected chi connectivity index (χ1v) is 5.93. The summed E-state index contributed by atoms with van der Waals surface area (Å²) in [5.74, 6) is 5.40. The number of halogens is 3. The van der Waals surface area contributed by atoms with Gasteiger partial charge in [-0.05, 0) is 25.3 Å². The summed E-state index contributed by atoms with van der Waals surface area (Å²) in [6.45, 7) is 1.97. The van der Waals surface area contributed by atoms with Crippen molar-refractivity contribution in [1.29, 1.82) is 0 Å². The number of nitrogens with two attached hydrogens (primary N) is 1. The van der Waals surface area contributed by atoms with Crippen LogP contribution < -0.4 is 11.3 Å². The van der Waals surface area contributed by atoms with E-state index in [9.17, 15) is 13.2 Å². The van der Waals surface area contributed by atoms with Gasteiger partial charge in [0, 0.05) is 13.5 Å². The Labute approximate surface area is 104 Å². The lowest BCUT2D eigenvalue weighted by Crippen LogP contribution is -2.29. The third-order valence-electron chi connectivity index (χ3n) is 2.84. The van der Waals surface area contributed by atoms with Crippen molar-refractivity contribution >= 4 is 0 Å². The van der Waals surface area contributed by atoms with E-state index in [0.29, 0.717) is 6.42 Å². The Morgan fingerprint density at radius 3 is 2.61 bits per heavy atom. The van der Waals surface area contributed by atoms with Crippen LogP contribution in [0.4, 0.5) is 13.2 Å². The second-order valence-corrected chi connectivity index (χ2v) is 4.26. The van der Waals surface area contributed by atoms with Gasteiger partial charge >= 0.3 is 6.18 Å². The van der Waals surface area contributed by atoms with E-state index in [-0.39, 0.29) is 12.5 Å². The van der Waals surface area contributed by atoms with E-state index < -0.39 is 12.6 Å². The average Bonchev–Trinajstić information content (AvgIpc) is 2.65. The number of aryl methyl sites for hydroxylation is 2. The van der Waals surface area contributed by atoms with Crippen molar-refractivity contribution in [2.75, 3.05) is 0 Å². The van der Waals surface area contributed by atoms with Gasteiger partial charge in [0.05, 0.1) is 17.4 Å². The Hall–Kier alpha value is -1.08. The number of hydrazine groups is 1. The highest BCUT2D eigenvalue weighted by molar-refractivity contribution is 5.14. The fourth-order valence-corrected chi connectivity index (χ4v) is 1.87. The Bertz CT molecular complexity index is 373. The molecule has 0 aliphatic rings. The summed E-state index contributed by atoms with van der Waals surface area (Å²) in [5.41, 5.74) is 4.28. The van der Waals surface area contributed by atoms with Gasteiger partial charge in [-0.1, -0.05) is 6.92 Å². The molecule has 104 valence electrons. The first-order valence-electron chi connectivity index (χ1n) is 5.93. The lowest BCUT2D eigenvalue weighted by Gasteiger charge is -2.16. The van der Waals surface area contributed by atoms with Gasteiger partial charge in [-0.3, -0.25) is 16.0 Å². The number of alkyl halides is 3. The molecule has 1 aromatic rings. The topological polar surface area (TPSA) is 55.9 Å². The van der Waals surface area contributed by atoms with E-state index in [1.54, 1.807) is 11.7 Å². The molecule has 0 fully saturated rings. The Morgan fingerprint density at radius 1 is 1.50 bits per heavy atom. The van der Waals surface area contributed by atoms with Crippen molar-refractivity contribution in [3.63, 3.8) is 0 Å². The molecule has 18 heavy (non-hydrogen) atoms. The van der Waals surface area contributed by atoms with Crippen molar-refractivity contribution < 1.29 is 13.2 Å². The molecule has 0 aliphatic heterocycles. The van der Waals surface area contributed by atoms with Crippen molar-refractivity contribution in [3.05, 3.63) is 17.5 Å². The molecule has 0 amide bonds. The zero-order valence-electron chi connectivity index (χ0n) is 10.6. The highest BCUT2D eigenvalue weighted by Crippen LogP contribution is 2.26. The summed E-state index contributed by atoms with van der Waals surface area (Å²) < 4.78 is 37.9. The molecule has 0 spiro atoms. The molecule has 1 atom stereocenters. The minimum Gasteiger partial charge on any atom is -0.271 e. The molecule has 0 radical (unpaired) electrons. The van der Waals surface area contributed by atoms with Crippen LogP contribution in [0, 0.1) is 0 Å². The molecular formula is C11H19F3N4. The van der Waals surface area contributed by atoms with Crippen LogP contribution in [-0.2, 0) is 13.5 Å². The fourth-order valence-electron chi connectivity index (χ4n) is 1.87.